The number of hydrogen-bond acceptors (Lipinski definition) is 2. The molecular formula is C12H26N2. The van der Waals surface area contributed by atoms with Gasteiger partial charge in [-0.2, -0.15) is 0 Å². The molecule has 0 bridgehead atoms. The fraction of sp³-hybridized carbons (Fsp3) is 1.00. The molecule has 0 spiro atoms. The van der Waals surface area contributed by atoms with Crippen LogP contribution >= 0.6 is 0 Å². The first-order valence-corrected chi connectivity index (χ1v) is 6.12. The maximum absolute atomic E-state index is 3.40. The molecule has 3 atom stereocenters. The maximum Gasteiger partial charge on any atom is 0.0189 e. The van der Waals surface area contributed by atoms with Gasteiger partial charge >= 0.3 is 0 Å². The van der Waals surface area contributed by atoms with Gasteiger partial charge < -0.3 is 5.32 Å². The molecular weight excluding hydrogens is 172 g/mol. The van der Waals surface area contributed by atoms with Crippen LogP contribution in [-0.2, 0) is 0 Å². The molecule has 0 radical (unpaired) electrons. The van der Waals surface area contributed by atoms with Gasteiger partial charge in [-0.3, -0.25) is 4.90 Å². The van der Waals surface area contributed by atoms with Crippen molar-refractivity contribution in [3.63, 3.8) is 0 Å². The maximum atomic E-state index is 3.40. The molecule has 1 aliphatic heterocycles. The Morgan fingerprint density at radius 2 is 1.86 bits per heavy atom. The third-order valence-electron chi connectivity index (χ3n) is 3.71. The van der Waals surface area contributed by atoms with E-state index in [9.17, 15) is 0 Å². The minimum atomic E-state index is 0.665. The molecule has 0 aromatic carbocycles. The van der Waals surface area contributed by atoms with Crippen LogP contribution in [0.5, 0.6) is 0 Å². The quantitative estimate of drug-likeness (QED) is 0.745. The van der Waals surface area contributed by atoms with Crippen LogP contribution in [0.15, 0.2) is 0 Å². The third kappa shape index (κ3) is 2.96. The Hall–Kier alpha value is -0.0800. The highest BCUT2D eigenvalue weighted by atomic mass is 15.2. The molecule has 1 saturated heterocycles. The summed E-state index contributed by atoms with van der Waals surface area (Å²) in [5.74, 6) is 0. The van der Waals surface area contributed by atoms with Crippen molar-refractivity contribution in [1.29, 1.82) is 0 Å². The van der Waals surface area contributed by atoms with E-state index in [1.54, 1.807) is 0 Å². The first kappa shape index (κ1) is 12.0. The molecule has 1 N–H and O–H groups in total. The SMILES string of the molecule is CCC(CN1[C@H](C)CCC[C@@H]1C)NC. The number of likely N-dealkylation sites (tertiary alicyclic amines) is 1. The lowest BCUT2D eigenvalue weighted by molar-refractivity contribution is 0.0914. The van der Waals surface area contributed by atoms with Crippen molar-refractivity contribution in [2.75, 3.05) is 13.6 Å². The van der Waals surface area contributed by atoms with Crippen LogP contribution in [0.1, 0.15) is 46.5 Å². The van der Waals surface area contributed by atoms with Crippen molar-refractivity contribution >= 4 is 0 Å². The Morgan fingerprint density at radius 1 is 1.29 bits per heavy atom. The second-order valence-electron chi connectivity index (χ2n) is 4.72. The van der Waals surface area contributed by atoms with Gasteiger partial charge in [-0.15, -0.1) is 0 Å². The van der Waals surface area contributed by atoms with E-state index in [0.717, 1.165) is 12.1 Å². The van der Waals surface area contributed by atoms with Gasteiger partial charge in [-0.05, 0) is 40.2 Å². The summed E-state index contributed by atoms with van der Waals surface area (Å²) in [5, 5.41) is 3.40. The van der Waals surface area contributed by atoms with E-state index in [1.807, 2.05) is 0 Å². The van der Waals surface area contributed by atoms with E-state index in [2.05, 4.69) is 38.0 Å². The highest BCUT2D eigenvalue weighted by molar-refractivity contribution is 4.82. The lowest BCUT2D eigenvalue weighted by atomic mass is 9.96. The number of likely N-dealkylation sites (N-methyl/N-ethyl adjacent to an activating group) is 1. The highest BCUT2D eigenvalue weighted by Gasteiger charge is 2.25. The van der Waals surface area contributed by atoms with E-state index in [1.165, 1.54) is 32.2 Å². The van der Waals surface area contributed by atoms with Gasteiger partial charge in [-0.25, -0.2) is 0 Å². The lowest BCUT2D eigenvalue weighted by Gasteiger charge is -2.40. The second-order valence-corrected chi connectivity index (χ2v) is 4.72. The first-order chi connectivity index (χ1) is 6.69. The number of piperidine rings is 1. The van der Waals surface area contributed by atoms with Crippen LogP contribution in [0.4, 0.5) is 0 Å². The Kier molecular flexibility index (Phi) is 4.90. The molecule has 0 aliphatic carbocycles. The molecule has 2 nitrogen and oxygen atoms in total. The average molecular weight is 198 g/mol. The number of rotatable bonds is 4. The van der Waals surface area contributed by atoms with Crippen LogP contribution in [0.3, 0.4) is 0 Å². The molecule has 1 heterocycles. The van der Waals surface area contributed by atoms with Gasteiger partial charge in [0.15, 0.2) is 0 Å². The molecule has 0 saturated carbocycles. The average Bonchev–Trinajstić information content (AvgIpc) is 2.18. The summed E-state index contributed by atoms with van der Waals surface area (Å²) in [6, 6.07) is 2.22. The summed E-state index contributed by atoms with van der Waals surface area (Å²) < 4.78 is 0. The highest BCUT2D eigenvalue weighted by Crippen LogP contribution is 2.22. The summed E-state index contributed by atoms with van der Waals surface area (Å²) in [4.78, 5) is 2.67. The van der Waals surface area contributed by atoms with Gasteiger partial charge in [0.1, 0.15) is 0 Å². The van der Waals surface area contributed by atoms with E-state index >= 15 is 0 Å². The number of hydrogen-bond donors (Lipinski definition) is 1. The first-order valence-electron chi connectivity index (χ1n) is 6.12. The Bertz CT molecular complexity index is 144. The van der Waals surface area contributed by atoms with Crippen molar-refractivity contribution in [1.82, 2.24) is 10.2 Å². The smallest absolute Gasteiger partial charge is 0.0189 e. The van der Waals surface area contributed by atoms with Crippen LogP contribution < -0.4 is 5.32 Å². The van der Waals surface area contributed by atoms with Crippen LogP contribution in [0.2, 0.25) is 0 Å². The van der Waals surface area contributed by atoms with Crippen LogP contribution in [0, 0.1) is 0 Å². The van der Waals surface area contributed by atoms with Gasteiger partial charge in [0.05, 0.1) is 0 Å². The Balaban J connectivity index is 2.46. The van der Waals surface area contributed by atoms with Gasteiger partial charge in [-0.1, -0.05) is 13.3 Å². The van der Waals surface area contributed by atoms with Gasteiger partial charge in [0.25, 0.3) is 0 Å². The third-order valence-corrected chi connectivity index (χ3v) is 3.71. The van der Waals surface area contributed by atoms with E-state index in [4.69, 9.17) is 0 Å². The largest absolute Gasteiger partial charge is 0.316 e. The molecule has 1 unspecified atom stereocenters. The second kappa shape index (κ2) is 5.72. The normalized spacial score (nSPS) is 31.7. The van der Waals surface area contributed by atoms with E-state index in [-0.39, 0.29) is 0 Å². The van der Waals surface area contributed by atoms with Crippen LogP contribution in [0.25, 0.3) is 0 Å². The Labute approximate surface area is 89.1 Å². The summed E-state index contributed by atoms with van der Waals surface area (Å²) in [7, 11) is 2.08. The van der Waals surface area contributed by atoms with Crippen molar-refractivity contribution in [3.8, 4) is 0 Å². The zero-order valence-electron chi connectivity index (χ0n) is 10.2. The minimum Gasteiger partial charge on any atom is -0.316 e. The molecule has 2 heteroatoms. The molecule has 14 heavy (non-hydrogen) atoms. The van der Waals surface area contributed by atoms with Crippen molar-refractivity contribution in [2.45, 2.75) is 64.6 Å². The van der Waals surface area contributed by atoms with E-state index < -0.39 is 0 Å². The standard InChI is InChI=1S/C12H26N2/c1-5-12(13-4)9-14-10(2)7-6-8-11(14)3/h10-13H,5-9H2,1-4H3/t10-,11+,12?. The summed E-state index contributed by atoms with van der Waals surface area (Å²) >= 11 is 0. The summed E-state index contributed by atoms with van der Waals surface area (Å²) in [6.07, 6.45) is 5.40. The lowest BCUT2D eigenvalue weighted by Crippen LogP contribution is -2.49. The van der Waals surface area contributed by atoms with Crippen LogP contribution in [-0.4, -0.2) is 36.6 Å². The zero-order valence-corrected chi connectivity index (χ0v) is 10.2. The Morgan fingerprint density at radius 3 is 2.29 bits per heavy atom. The molecule has 1 aliphatic rings. The molecule has 0 amide bonds. The van der Waals surface area contributed by atoms with Crippen molar-refractivity contribution in [3.05, 3.63) is 0 Å². The fourth-order valence-corrected chi connectivity index (χ4v) is 2.51. The molecule has 0 aromatic rings. The van der Waals surface area contributed by atoms with Gasteiger partial charge in [0.2, 0.25) is 0 Å². The molecule has 84 valence electrons. The zero-order chi connectivity index (χ0) is 10.6. The summed E-state index contributed by atoms with van der Waals surface area (Å²) in [5.41, 5.74) is 0. The number of nitrogens with zero attached hydrogens (tertiary/aromatic N) is 1. The molecule has 1 fully saturated rings. The molecule has 1 rings (SSSR count). The van der Waals surface area contributed by atoms with Crippen molar-refractivity contribution < 1.29 is 0 Å². The predicted molar refractivity (Wildman–Crippen MR) is 62.6 cm³/mol. The number of nitrogens with one attached hydrogen (secondary N) is 1. The van der Waals surface area contributed by atoms with Gasteiger partial charge in [0, 0.05) is 24.7 Å². The minimum absolute atomic E-state index is 0.665. The van der Waals surface area contributed by atoms with Crippen molar-refractivity contribution in [2.24, 2.45) is 0 Å². The monoisotopic (exact) mass is 198 g/mol. The molecule has 0 aromatic heterocycles. The predicted octanol–water partition coefficient (Wildman–Crippen LogP) is 2.25. The summed E-state index contributed by atoms with van der Waals surface area (Å²) in [6.45, 7) is 8.23. The fourth-order valence-electron chi connectivity index (χ4n) is 2.51. The van der Waals surface area contributed by atoms with E-state index in [0.29, 0.717) is 6.04 Å². The topological polar surface area (TPSA) is 15.3 Å².